The molecule has 1 saturated heterocycles. The minimum absolute atomic E-state index is 0.00554. The average Bonchev–Trinajstić information content (AvgIpc) is 3.20. The predicted octanol–water partition coefficient (Wildman–Crippen LogP) is 5.71. The molecule has 1 aliphatic rings. The van der Waals surface area contributed by atoms with Crippen LogP contribution in [0.15, 0.2) is 18.2 Å². The van der Waals surface area contributed by atoms with Crippen molar-refractivity contribution in [2.24, 2.45) is 29.4 Å². The summed E-state index contributed by atoms with van der Waals surface area (Å²) in [5.41, 5.74) is 4.72. The minimum Gasteiger partial charge on any atom is -0.493 e. The molecule has 0 unspecified atom stereocenters. The van der Waals surface area contributed by atoms with Crippen LogP contribution < -0.4 is 20.5 Å². The molecular formula is C36H61N3O8. The summed E-state index contributed by atoms with van der Waals surface area (Å²) in [4.78, 5) is 40.2. The molecule has 1 heterocycles. The third kappa shape index (κ3) is 12.5. The van der Waals surface area contributed by atoms with Gasteiger partial charge < -0.3 is 34.7 Å². The van der Waals surface area contributed by atoms with Crippen molar-refractivity contribution in [1.82, 2.24) is 10.2 Å². The predicted molar refractivity (Wildman–Crippen MR) is 182 cm³/mol. The second-order valence-electron chi connectivity index (χ2n) is 14.7. The molecule has 1 aromatic rings. The molecule has 1 fully saturated rings. The molecule has 0 spiro atoms. The topological polar surface area (TPSA) is 139 Å². The second-order valence-corrected chi connectivity index (χ2v) is 14.7. The Morgan fingerprint density at radius 1 is 1.02 bits per heavy atom. The van der Waals surface area contributed by atoms with Crippen molar-refractivity contribution in [2.75, 3.05) is 34.0 Å². The summed E-state index contributed by atoms with van der Waals surface area (Å²) < 4.78 is 29.3. The molecule has 1 aromatic carbocycles. The summed E-state index contributed by atoms with van der Waals surface area (Å²) in [7, 11) is 3.30. The van der Waals surface area contributed by atoms with Gasteiger partial charge in [-0.1, -0.05) is 33.8 Å². The van der Waals surface area contributed by atoms with E-state index in [0.29, 0.717) is 37.6 Å². The van der Waals surface area contributed by atoms with Gasteiger partial charge in [-0.3, -0.25) is 14.5 Å². The van der Waals surface area contributed by atoms with E-state index in [-0.39, 0.29) is 42.7 Å². The quantitative estimate of drug-likeness (QED) is 0.191. The highest BCUT2D eigenvalue weighted by atomic mass is 16.6. The second kappa shape index (κ2) is 17.9. The molecule has 47 heavy (non-hydrogen) atoms. The number of methoxy groups -OCH3 is 2. The molecule has 0 radical (unpaired) electrons. The Morgan fingerprint density at radius 2 is 1.70 bits per heavy atom. The molecule has 0 bridgehead atoms. The SMILES string of the molecule is COCCCOc1cc(C[C@@H](C[C@H]2[C@H](C[C@H](C(=O)NCCC(N)=O)C(C)C)OC(C)(C)N2C(=O)OC(C)(C)C)C(C)C)ccc1OC. The van der Waals surface area contributed by atoms with Crippen LogP contribution in [-0.4, -0.2) is 80.3 Å². The van der Waals surface area contributed by atoms with Gasteiger partial charge in [-0.05, 0) is 89.3 Å². The Balaban J connectivity index is 2.44. The Hall–Kier alpha value is -3.05. The van der Waals surface area contributed by atoms with E-state index in [9.17, 15) is 14.4 Å². The molecule has 11 heteroatoms. The van der Waals surface area contributed by atoms with Crippen molar-refractivity contribution in [3.8, 4) is 11.5 Å². The van der Waals surface area contributed by atoms with E-state index < -0.39 is 35.3 Å². The van der Waals surface area contributed by atoms with E-state index in [1.54, 1.807) is 19.1 Å². The maximum Gasteiger partial charge on any atom is 0.412 e. The summed E-state index contributed by atoms with van der Waals surface area (Å²) in [6.45, 7) is 19.0. The van der Waals surface area contributed by atoms with E-state index in [1.165, 1.54) is 0 Å². The van der Waals surface area contributed by atoms with Crippen LogP contribution >= 0.6 is 0 Å². The number of primary amides is 1. The van der Waals surface area contributed by atoms with Crippen LogP contribution in [0.5, 0.6) is 11.5 Å². The number of carbonyl (C=O) groups is 3. The van der Waals surface area contributed by atoms with Crippen molar-refractivity contribution in [3.63, 3.8) is 0 Å². The fourth-order valence-electron chi connectivity index (χ4n) is 6.12. The van der Waals surface area contributed by atoms with Crippen LogP contribution in [0, 0.1) is 23.7 Å². The third-order valence-corrected chi connectivity index (χ3v) is 8.63. The number of carbonyl (C=O) groups excluding carboxylic acids is 3. The Bertz CT molecular complexity index is 1160. The van der Waals surface area contributed by atoms with Crippen LogP contribution in [0.2, 0.25) is 0 Å². The molecule has 2 rings (SSSR count). The molecular weight excluding hydrogens is 602 g/mol. The number of hydrogen-bond acceptors (Lipinski definition) is 8. The third-order valence-electron chi connectivity index (χ3n) is 8.63. The van der Waals surface area contributed by atoms with Gasteiger partial charge in [-0.15, -0.1) is 0 Å². The lowest BCUT2D eigenvalue weighted by molar-refractivity contribution is -0.129. The summed E-state index contributed by atoms with van der Waals surface area (Å²) in [6, 6.07) is 5.67. The lowest BCUT2D eigenvalue weighted by Gasteiger charge is -2.37. The number of amides is 3. The standard InChI is InChI=1S/C36H61N3O8/c1-23(2)26(19-25-13-14-29(44-11)31(20-25)45-18-12-17-43-10)21-28-30(22-27(24(3)4)33(41)38-16-15-32(37)40)46-36(8,9)39(28)34(42)47-35(5,6)7/h13-14,20,23-24,26-28,30H,12,15-19,21-22H2,1-11H3,(H2,37,40)(H,38,41)/t26-,27-,28-,30-/m0/s1. The molecule has 3 N–H and O–H groups in total. The maximum atomic E-state index is 13.8. The van der Waals surface area contributed by atoms with Gasteiger partial charge in [0.25, 0.3) is 0 Å². The van der Waals surface area contributed by atoms with Crippen LogP contribution in [-0.2, 0) is 30.2 Å². The molecule has 0 aliphatic carbocycles. The monoisotopic (exact) mass is 663 g/mol. The van der Waals surface area contributed by atoms with Gasteiger partial charge in [-0.25, -0.2) is 4.79 Å². The molecule has 11 nitrogen and oxygen atoms in total. The first-order valence-electron chi connectivity index (χ1n) is 16.9. The first kappa shape index (κ1) is 40.1. The number of nitrogens with two attached hydrogens (primary N) is 1. The van der Waals surface area contributed by atoms with E-state index in [4.69, 9.17) is 29.4 Å². The number of ether oxygens (including phenoxy) is 5. The molecule has 0 saturated carbocycles. The van der Waals surface area contributed by atoms with E-state index >= 15 is 0 Å². The highest BCUT2D eigenvalue weighted by Gasteiger charge is 2.52. The number of hydrogen-bond donors (Lipinski definition) is 2. The molecule has 3 amide bonds. The van der Waals surface area contributed by atoms with Crippen LogP contribution in [0.4, 0.5) is 4.79 Å². The van der Waals surface area contributed by atoms with Crippen molar-refractivity contribution >= 4 is 17.9 Å². The van der Waals surface area contributed by atoms with E-state index in [0.717, 1.165) is 18.4 Å². The first-order valence-corrected chi connectivity index (χ1v) is 16.9. The zero-order valence-corrected chi connectivity index (χ0v) is 30.6. The zero-order chi connectivity index (χ0) is 35.5. The van der Waals surface area contributed by atoms with Crippen molar-refractivity contribution in [1.29, 1.82) is 0 Å². The first-order chi connectivity index (χ1) is 21.9. The maximum absolute atomic E-state index is 13.8. The Labute approximate surface area is 282 Å². The van der Waals surface area contributed by atoms with Gasteiger partial charge in [0.05, 0.1) is 25.9 Å². The normalized spacial score (nSPS) is 19.0. The highest BCUT2D eigenvalue weighted by Crippen LogP contribution is 2.41. The fourth-order valence-corrected chi connectivity index (χ4v) is 6.12. The number of nitrogens with zero attached hydrogens (tertiary/aromatic N) is 1. The van der Waals surface area contributed by atoms with Gasteiger partial charge in [0.1, 0.15) is 11.3 Å². The van der Waals surface area contributed by atoms with Crippen LogP contribution in [0.1, 0.15) is 93.6 Å². The number of nitrogens with one attached hydrogen (secondary N) is 1. The van der Waals surface area contributed by atoms with Crippen LogP contribution in [0.3, 0.4) is 0 Å². The summed E-state index contributed by atoms with van der Waals surface area (Å²) in [6.07, 6.45) is 1.74. The minimum atomic E-state index is -0.966. The average molecular weight is 664 g/mol. The zero-order valence-electron chi connectivity index (χ0n) is 30.6. The van der Waals surface area contributed by atoms with Gasteiger partial charge in [0, 0.05) is 39.0 Å². The van der Waals surface area contributed by atoms with Gasteiger partial charge in [-0.2, -0.15) is 0 Å². The number of rotatable bonds is 18. The highest BCUT2D eigenvalue weighted by molar-refractivity contribution is 5.80. The van der Waals surface area contributed by atoms with Crippen molar-refractivity contribution in [3.05, 3.63) is 23.8 Å². The lowest BCUT2D eigenvalue weighted by atomic mass is 9.80. The Kier molecular flexibility index (Phi) is 15.3. The lowest BCUT2D eigenvalue weighted by Crippen LogP contribution is -2.51. The Morgan fingerprint density at radius 3 is 2.26 bits per heavy atom. The summed E-state index contributed by atoms with van der Waals surface area (Å²) in [5.74, 6) is 0.742. The molecule has 1 aliphatic heterocycles. The molecule has 0 aromatic heterocycles. The van der Waals surface area contributed by atoms with Gasteiger partial charge >= 0.3 is 6.09 Å². The fraction of sp³-hybridized carbons (Fsp3) is 0.750. The summed E-state index contributed by atoms with van der Waals surface area (Å²) in [5, 5.41) is 2.87. The van der Waals surface area contributed by atoms with Gasteiger partial charge in [0.2, 0.25) is 11.8 Å². The molecule has 4 atom stereocenters. The summed E-state index contributed by atoms with van der Waals surface area (Å²) >= 11 is 0. The smallest absolute Gasteiger partial charge is 0.412 e. The number of benzene rings is 1. The van der Waals surface area contributed by atoms with Gasteiger partial charge in [0.15, 0.2) is 11.5 Å². The van der Waals surface area contributed by atoms with E-state index in [2.05, 4.69) is 25.2 Å². The van der Waals surface area contributed by atoms with Crippen molar-refractivity contribution < 1.29 is 38.1 Å². The van der Waals surface area contributed by atoms with E-state index in [1.807, 2.05) is 60.6 Å². The van der Waals surface area contributed by atoms with Crippen molar-refractivity contribution in [2.45, 2.75) is 118 Å². The molecule has 268 valence electrons. The van der Waals surface area contributed by atoms with Crippen LogP contribution in [0.25, 0.3) is 0 Å². The largest absolute Gasteiger partial charge is 0.493 e.